The van der Waals surface area contributed by atoms with Gasteiger partial charge in [-0.25, -0.2) is 0 Å². The molecule has 0 N–H and O–H groups in total. The second-order valence-electron chi connectivity index (χ2n) is 4.78. The minimum atomic E-state index is 0.532. The van der Waals surface area contributed by atoms with E-state index in [9.17, 15) is 0 Å². The highest BCUT2D eigenvalue weighted by atomic mass is 15.2. The van der Waals surface area contributed by atoms with Gasteiger partial charge in [0.25, 0.3) is 0 Å². The predicted molar refractivity (Wildman–Crippen MR) is 59.0 cm³/mol. The molecule has 1 rings (SSSR count). The lowest BCUT2D eigenvalue weighted by molar-refractivity contribution is 0.100. The van der Waals surface area contributed by atoms with Gasteiger partial charge in [-0.1, -0.05) is 20.8 Å². The van der Waals surface area contributed by atoms with Crippen molar-refractivity contribution in [2.24, 2.45) is 5.41 Å². The molecule has 0 radical (unpaired) electrons. The monoisotopic (exact) mass is 183 g/mol. The maximum atomic E-state index is 2.67. The summed E-state index contributed by atoms with van der Waals surface area (Å²) in [4.78, 5) is 2.67. The van der Waals surface area contributed by atoms with Gasteiger partial charge in [-0.15, -0.1) is 0 Å². The Kier molecular flexibility index (Phi) is 3.78. The number of nitrogens with zero attached hydrogens (tertiary/aromatic N) is 1. The molecule has 13 heavy (non-hydrogen) atoms. The Bertz CT molecular complexity index is 143. The number of hydrogen-bond acceptors (Lipinski definition) is 1. The zero-order chi connectivity index (χ0) is 9.90. The molecule has 0 bridgehead atoms. The maximum Gasteiger partial charge on any atom is 0.0120 e. The minimum absolute atomic E-state index is 0.532. The average Bonchev–Trinajstić information content (AvgIpc) is 2.68. The maximum absolute atomic E-state index is 2.67. The summed E-state index contributed by atoms with van der Waals surface area (Å²) in [5, 5.41) is 0. The molecule has 0 aromatic carbocycles. The molecular weight excluding hydrogens is 158 g/mol. The smallest absolute Gasteiger partial charge is 0.0120 e. The molecule has 0 aromatic heterocycles. The molecule has 1 atom stereocenters. The van der Waals surface area contributed by atoms with Crippen molar-refractivity contribution in [1.82, 2.24) is 4.90 Å². The van der Waals surface area contributed by atoms with E-state index in [-0.39, 0.29) is 0 Å². The number of hydrogen-bond donors (Lipinski definition) is 0. The van der Waals surface area contributed by atoms with Gasteiger partial charge in [0.2, 0.25) is 0 Å². The third-order valence-electron chi connectivity index (χ3n) is 4.31. The van der Waals surface area contributed by atoms with Crippen LogP contribution in [0.4, 0.5) is 0 Å². The third kappa shape index (κ3) is 2.25. The Labute approximate surface area is 83.5 Å². The normalized spacial score (nSPS) is 22.2. The summed E-state index contributed by atoms with van der Waals surface area (Å²) in [5.41, 5.74) is 0.532. The van der Waals surface area contributed by atoms with Crippen LogP contribution >= 0.6 is 0 Å². The fraction of sp³-hybridized carbons (Fsp3) is 1.00. The van der Waals surface area contributed by atoms with Crippen LogP contribution in [0.3, 0.4) is 0 Å². The van der Waals surface area contributed by atoms with Crippen molar-refractivity contribution in [2.45, 2.75) is 59.4 Å². The fourth-order valence-electron chi connectivity index (χ4n) is 2.41. The zero-order valence-corrected chi connectivity index (χ0v) is 9.77. The van der Waals surface area contributed by atoms with Crippen molar-refractivity contribution in [3.8, 4) is 0 Å². The molecule has 0 spiro atoms. The van der Waals surface area contributed by atoms with E-state index in [1.54, 1.807) is 0 Å². The predicted octanol–water partition coefficient (Wildman–Crippen LogP) is 3.30. The van der Waals surface area contributed by atoms with Crippen LogP contribution in [0.2, 0.25) is 0 Å². The van der Waals surface area contributed by atoms with Crippen LogP contribution in [0, 0.1) is 5.41 Å². The van der Waals surface area contributed by atoms with Gasteiger partial charge in [0.05, 0.1) is 0 Å². The summed E-state index contributed by atoms with van der Waals surface area (Å²) in [5.74, 6) is 0. The molecule has 0 amide bonds. The van der Waals surface area contributed by atoms with Gasteiger partial charge in [-0.2, -0.15) is 0 Å². The first-order valence-corrected chi connectivity index (χ1v) is 5.88. The second kappa shape index (κ2) is 4.45. The van der Waals surface area contributed by atoms with E-state index in [0.717, 1.165) is 6.04 Å². The summed E-state index contributed by atoms with van der Waals surface area (Å²) >= 11 is 0. The lowest BCUT2D eigenvalue weighted by Crippen LogP contribution is -2.42. The number of rotatable bonds is 4. The molecule has 1 unspecified atom stereocenters. The van der Waals surface area contributed by atoms with Crippen molar-refractivity contribution in [2.75, 3.05) is 13.1 Å². The van der Waals surface area contributed by atoms with E-state index in [0.29, 0.717) is 5.41 Å². The first kappa shape index (κ1) is 11.0. The highest BCUT2D eigenvalue weighted by Crippen LogP contribution is 2.34. The Morgan fingerprint density at radius 1 is 1.15 bits per heavy atom. The standard InChI is InChI=1S/C12H25N/c1-5-12(4,6-2)11(3)13-9-7-8-10-13/h11H,5-10H2,1-4H3. The Balaban J connectivity index is 2.57. The van der Waals surface area contributed by atoms with Crippen LogP contribution in [0.5, 0.6) is 0 Å². The molecule has 0 aliphatic carbocycles. The molecule has 1 nitrogen and oxygen atoms in total. The second-order valence-corrected chi connectivity index (χ2v) is 4.78. The summed E-state index contributed by atoms with van der Waals surface area (Å²) in [6.45, 7) is 12.2. The van der Waals surface area contributed by atoms with E-state index < -0.39 is 0 Å². The van der Waals surface area contributed by atoms with Crippen molar-refractivity contribution < 1.29 is 0 Å². The van der Waals surface area contributed by atoms with Crippen LogP contribution in [-0.4, -0.2) is 24.0 Å². The van der Waals surface area contributed by atoms with E-state index in [2.05, 4.69) is 32.6 Å². The van der Waals surface area contributed by atoms with Crippen molar-refractivity contribution >= 4 is 0 Å². The summed E-state index contributed by atoms with van der Waals surface area (Å²) < 4.78 is 0. The van der Waals surface area contributed by atoms with Gasteiger partial charge in [0.1, 0.15) is 0 Å². The molecule has 78 valence electrons. The van der Waals surface area contributed by atoms with Gasteiger partial charge in [-0.05, 0) is 51.1 Å². The van der Waals surface area contributed by atoms with E-state index in [4.69, 9.17) is 0 Å². The lowest BCUT2D eigenvalue weighted by Gasteiger charge is -2.39. The van der Waals surface area contributed by atoms with Crippen LogP contribution in [-0.2, 0) is 0 Å². The zero-order valence-electron chi connectivity index (χ0n) is 9.77. The van der Waals surface area contributed by atoms with Crippen molar-refractivity contribution in [3.05, 3.63) is 0 Å². The van der Waals surface area contributed by atoms with Gasteiger partial charge >= 0.3 is 0 Å². The molecule has 1 heterocycles. The summed E-state index contributed by atoms with van der Waals surface area (Å²) in [7, 11) is 0. The van der Waals surface area contributed by atoms with Crippen molar-refractivity contribution in [1.29, 1.82) is 0 Å². The molecular formula is C12H25N. The third-order valence-corrected chi connectivity index (χ3v) is 4.31. The van der Waals surface area contributed by atoms with E-state index in [1.807, 2.05) is 0 Å². The Hall–Kier alpha value is -0.0400. The van der Waals surface area contributed by atoms with Crippen LogP contribution in [0.1, 0.15) is 53.4 Å². The van der Waals surface area contributed by atoms with Crippen LogP contribution in [0.15, 0.2) is 0 Å². The molecule has 1 fully saturated rings. The fourth-order valence-corrected chi connectivity index (χ4v) is 2.41. The summed E-state index contributed by atoms with van der Waals surface area (Å²) in [6.07, 6.45) is 5.43. The van der Waals surface area contributed by atoms with Crippen molar-refractivity contribution in [3.63, 3.8) is 0 Å². The minimum Gasteiger partial charge on any atom is -0.300 e. The lowest BCUT2D eigenvalue weighted by atomic mass is 9.77. The van der Waals surface area contributed by atoms with Gasteiger partial charge < -0.3 is 4.90 Å². The molecule has 1 saturated heterocycles. The molecule has 0 aromatic rings. The molecule has 1 heteroatoms. The molecule has 0 saturated carbocycles. The van der Waals surface area contributed by atoms with Crippen LogP contribution < -0.4 is 0 Å². The highest BCUT2D eigenvalue weighted by molar-refractivity contribution is 4.86. The molecule has 1 aliphatic heterocycles. The highest BCUT2D eigenvalue weighted by Gasteiger charge is 2.32. The number of likely N-dealkylation sites (tertiary alicyclic amines) is 1. The van der Waals surface area contributed by atoms with Gasteiger partial charge in [0, 0.05) is 6.04 Å². The van der Waals surface area contributed by atoms with Crippen LogP contribution in [0.25, 0.3) is 0 Å². The quantitative estimate of drug-likeness (QED) is 0.646. The summed E-state index contributed by atoms with van der Waals surface area (Å²) in [6, 6.07) is 0.769. The SMILES string of the molecule is CCC(C)(CC)C(C)N1CCCC1. The average molecular weight is 183 g/mol. The largest absolute Gasteiger partial charge is 0.300 e. The first-order chi connectivity index (χ1) is 6.14. The van der Waals surface area contributed by atoms with E-state index in [1.165, 1.54) is 38.8 Å². The topological polar surface area (TPSA) is 3.24 Å². The Morgan fingerprint density at radius 3 is 2.00 bits per heavy atom. The Morgan fingerprint density at radius 2 is 1.62 bits per heavy atom. The molecule has 1 aliphatic rings. The first-order valence-electron chi connectivity index (χ1n) is 5.88. The van der Waals surface area contributed by atoms with Gasteiger partial charge in [-0.3, -0.25) is 0 Å². The van der Waals surface area contributed by atoms with Gasteiger partial charge in [0.15, 0.2) is 0 Å². The van der Waals surface area contributed by atoms with E-state index >= 15 is 0 Å².